The van der Waals surface area contributed by atoms with Gasteiger partial charge in [0, 0.05) is 0 Å². The molecule has 22 heavy (non-hydrogen) atoms. The number of hydrogen-bond donors (Lipinski definition) is 2. The number of methoxy groups -OCH3 is 1. The zero-order valence-corrected chi connectivity index (χ0v) is 12.5. The molecule has 1 atom stereocenters. The van der Waals surface area contributed by atoms with Crippen LogP contribution in [0.15, 0.2) is 47.1 Å². The molecular formula is C16H19NO5. The minimum absolute atomic E-state index is 0.0225. The number of rotatable bonds is 7. The van der Waals surface area contributed by atoms with E-state index in [9.17, 15) is 9.90 Å². The molecule has 0 spiro atoms. The molecule has 0 radical (unpaired) electrons. The molecule has 0 unspecified atom stereocenters. The van der Waals surface area contributed by atoms with Crippen LogP contribution in [0.3, 0.4) is 0 Å². The van der Waals surface area contributed by atoms with E-state index >= 15 is 0 Å². The first-order chi connectivity index (χ1) is 10.5. The van der Waals surface area contributed by atoms with Crippen LogP contribution in [-0.2, 0) is 10.4 Å². The summed E-state index contributed by atoms with van der Waals surface area (Å²) in [5, 5.41) is 12.8. The molecule has 0 aliphatic carbocycles. The van der Waals surface area contributed by atoms with Gasteiger partial charge in [-0.05, 0) is 31.2 Å². The summed E-state index contributed by atoms with van der Waals surface area (Å²) in [6.45, 7) is 1.41. The molecule has 2 N–H and O–H groups in total. The van der Waals surface area contributed by atoms with Gasteiger partial charge >= 0.3 is 0 Å². The number of aliphatic hydroxyl groups is 1. The zero-order chi connectivity index (χ0) is 16.0. The Morgan fingerprint density at radius 2 is 2.00 bits per heavy atom. The summed E-state index contributed by atoms with van der Waals surface area (Å²) in [5.41, 5.74) is -1.27. The Hall–Kier alpha value is -2.47. The standard InChI is InChI=1S/C16H19NO5/c1-16(19,14-8-5-9-21-14)11-17-15(18)10-22-13-7-4-3-6-12(13)20-2/h3-9,19H,10-11H2,1-2H3,(H,17,18)/t16-/m0/s1. The van der Waals surface area contributed by atoms with Crippen molar-refractivity contribution in [2.24, 2.45) is 0 Å². The third kappa shape index (κ3) is 4.02. The third-order valence-corrected chi connectivity index (χ3v) is 3.11. The van der Waals surface area contributed by atoms with E-state index in [1.54, 1.807) is 37.3 Å². The summed E-state index contributed by atoms with van der Waals surface area (Å²) in [6.07, 6.45) is 1.47. The van der Waals surface area contributed by atoms with E-state index < -0.39 is 5.60 Å². The first-order valence-corrected chi connectivity index (χ1v) is 6.82. The molecule has 0 saturated heterocycles. The maximum absolute atomic E-state index is 11.8. The van der Waals surface area contributed by atoms with Crippen molar-refractivity contribution in [2.45, 2.75) is 12.5 Å². The number of carbonyl (C=O) groups excluding carboxylic acids is 1. The first-order valence-electron chi connectivity index (χ1n) is 6.82. The number of benzene rings is 1. The summed E-state index contributed by atoms with van der Waals surface area (Å²) >= 11 is 0. The van der Waals surface area contributed by atoms with Crippen molar-refractivity contribution in [3.8, 4) is 11.5 Å². The quantitative estimate of drug-likeness (QED) is 0.813. The lowest BCUT2D eigenvalue weighted by Gasteiger charge is -2.21. The number of amides is 1. The topological polar surface area (TPSA) is 80.9 Å². The number of hydrogen-bond acceptors (Lipinski definition) is 5. The van der Waals surface area contributed by atoms with Crippen molar-refractivity contribution in [2.75, 3.05) is 20.3 Å². The average molecular weight is 305 g/mol. The second-order valence-electron chi connectivity index (χ2n) is 4.97. The monoisotopic (exact) mass is 305 g/mol. The van der Waals surface area contributed by atoms with Gasteiger partial charge in [0.1, 0.15) is 11.4 Å². The molecule has 1 heterocycles. The predicted octanol–water partition coefficient (Wildman–Crippen LogP) is 1.69. The van der Waals surface area contributed by atoms with E-state index in [-0.39, 0.29) is 19.1 Å². The predicted molar refractivity (Wildman–Crippen MR) is 79.8 cm³/mol. The number of furan rings is 1. The van der Waals surface area contributed by atoms with E-state index in [4.69, 9.17) is 13.9 Å². The van der Waals surface area contributed by atoms with E-state index in [0.29, 0.717) is 17.3 Å². The van der Waals surface area contributed by atoms with Crippen LogP contribution >= 0.6 is 0 Å². The SMILES string of the molecule is COc1ccccc1OCC(=O)NC[C@](C)(O)c1ccco1. The maximum atomic E-state index is 11.8. The van der Waals surface area contributed by atoms with Gasteiger partial charge in [-0.1, -0.05) is 12.1 Å². The van der Waals surface area contributed by atoms with Gasteiger partial charge in [-0.2, -0.15) is 0 Å². The van der Waals surface area contributed by atoms with E-state index in [1.807, 2.05) is 6.07 Å². The fourth-order valence-corrected chi connectivity index (χ4v) is 1.88. The van der Waals surface area contributed by atoms with Gasteiger partial charge < -0.3 is 24.3 Å². The second-order valence-corrected chi connectivity index (χ2v) is 4.97. The Kier molecular flexibility index (Phi) is 5.06. The van der Waals surface area contributed by atoms with E-state index in [0.717, 1.165) is 0 Å². The van der Waals surface area contributed by atoms with Crippen LogP contribution in [-0.4, -0.2) is 31.3 Å². The lowest BCUT2D eigenvalue weighted by molar-refractivity contribution is -0.124. The Labute approximate surface area is 128 Å². The molecule has 2 rings (SSSR count). The molecule has 2 aromatic rings. The van der Waals surface area contributed by atoms with Crippen molar-refractivity contribution in [1.82, 2.24) is 5.32 Å². The zero-order valence-electron chi connectivity index (χ0n) is 12.5. The van der Waals surface area contributed by atoms with Crippen molar-refractivity contribution in [3.63, 3.8) is 0 Å². The second kappa shape index (κ2) is 7.00. The van der Waals surface area contributed by atoms with Crippen LogP contribution in [0, 0.1) is 0 Å². The molecule has 0 aliphatic heterocycles. The molecule has 1 amide bonds. The first kappa shape index (κ1) is 15.9. The van der Waals surface area contributed by atoms with Crippen LogP contribution in [0.2, 0.25) is 0 Å². The van der Waals surface area contributed by atoms with Crippen LogP contribution in [0.25, 0.3) is 0 Å². The third-order valence-electron chi connectivity index (χ3n) is 3.11. The molecular weight excluding hydrogens is 286 g/mol. The summed E-state index contributed by atoms with van der Waals surface area (Å²) < 4.78 is 15.7. The Balaban J connectivity index is 1.83. The van der Waals surface area contributed by atoms with Gasteiger partial charge in [0.25, 0.3) is 5.91 Å². The smallest absolute Gasteiger partial charge is 0.258 e. The lowest BCUT2D eigenvalue weighted by Crippen LogP contribution is -2.40. The van der Waals surface area contributed by atoms with Crippen LogP contribution in [0.4, 0.5) is 0 Å². The normalized spacial score (nSPS) is 13.2. The Morgan fingerprint density at radius 3 is 2.64 bits per heavy atom. The Bertz CT molecular complexity index is 607. The van der Waals surface area contributed by atoms with Gasteiger partial charge in [-0.3, -0.25) is 4.79 Å². The van der Waals surface area contributed by atoms with Gasteiger partial charge in [-0.15, -0.1) is 0 Å². The molecule has 1 aromatic carbocycles. The number of para-hydroxylation sites is 2. The molecule has 0 saturated carbocycles. The number of nitrogens with one attached hydrogen (secondary N) is 1. The highest BCUT2D eigenvalue weighted by atomic mass is 16.5. The lowest BCUT2D eigenvalue weighted by atomic mass is 10.0. The fraction of sp³-hybridized carbons (Fsp3) is 0.312. The minimum atomic E-state index is -1.27. The summed E-state index contributed by atoms with van der Waals surface area (Å²) in [5.74, 6) is 1.08. The molecule has 1 aromatic heterocycles. The van der Waals surface area contributed by atoms with Crippen molar-refractivity contribution in [1.29, 1.82) is 0 Å². The summed E-state index contributed by atoms with van der Waals surface area (Å²) in [4.78, 5) is 11.8. The minimum Gasteiger partial charge on any atom is -0.493 e. The van der Waals surface area contributed by atoms with Crippen LogP contribution < -0.4 is 14.8 Å². The molecule has 0 aliphatic rings. The van der Waals surface area contributed by atoms with Gasteiger partial charge in [0.2, 0.25) is 0 Å². The van der Waals surface area contributed by atoms with Crippen molar-refractivity contribution < 1.29 is 23.8 Å². The molecule has 6 heteroatoms. The van der Waals surface area contributed by atoms with Gasteiger partial charge in [-0.25, -0.2) is 0 Å². The highest BCUT2D eigenvalue weighted by Gasteiger charge is 2.26. The molecule has 0 fully saturated rings. The van der Waals surface area contributed by atoms with Crippen molar-refractivity contribution in [3.05, 3.63) is 48.4 Å². The molecule has 0 bridgehead atoms. The van der Waals surface area contributed by atoms with E-state index in [2.05, 4.69) is 5.32 Å². The van der Waals surface area contributed by atoms with Crippen LogP contribution in [0.1, 0.15) is 12.7 Å². The Morgan fingerprint density at radius 1 is 1.27 bits per heavy atom. The van der Waals surface area contributed by atoms with E-state index in [1.165, 1.54) is 13.4 Å². The average Bonchev–Trinajstić information content (AvgIpc) is 3.06. The number of carbonyl (C=O) groups is 1. The summed E-state index contributed by atoms with van der Waals surface area (Å²) in [6, 6.07) is 10.4. The fourth-order valence-electron chi connectivity index (χ4n) is 1.88. The largest absolute Gasteiger partial charge is 0.493 e. The molecule has 118 valence electrons. The van der Waals surface area contributed by atoms with Crippen LogP contribution in [0.5, 0.6) is 11.5 Å². The molecule has 6 nitrogen and oxygen atoms in total. The van der Waals surface area contributed by atoms with Gasteiger partial charge in [0.15, 0.2) is 18.1 Å². The number of ether oxygens (including phenoxy) is 2. The van der Waals surface area contributed by atoms with Gasteiger partial charge in [0.05, 0.1) is 19.9 Å². The van der Waals surface area contributed by atoms with Crippen molar-refractivity contribution >= 4 is 5.91 Å². The highest BCUT2D eigenvalue weighted by Crippen LogP contribution is 2.25. The maximum Gasteiger partial charge on any atom is 0.258 e. The summed E-state index contributed by atoms with van der Waals surface area (Å²) in [7, 11) is 1.53. The highest BCUT2D eigenvalue weighted by molar-refractivity contribution is 5.77.